The zero-order valence-electron chi connectivity index (χ0n) is 33.1. The van der Waals surface area contributed by atoms with Gasteiger partial charge in [-0.2, -0.15) is 0 Å². The predicted octanol–water partition coefficient (Wildman–Crippen LogP) is 15.4. The third-order valence-electron chi connectivity index (χ3n) is 11.9. The van der Waals surface area contributed by atoms with Gasteiger partial charge in [-0.05, 0) is 91.5 Å². The lowest BCUT2D eigenvalue weighted by atomic mass is 9.85. The predicted molar refractivity (Wildman–Crippen MR) is 242 cm³/mol. The molecule has 0 spiro atoms. The van der Waals surface area contributed by atoms with E-state index in [2.05, 4.69) is 221 Å². The van der Waals surface area contributed by atoms with Gasteiger partial charge >= 0.3 is 0 Å². The Bertz CT molecular complexity index is 3030. The molecule has 0 radical (unpaired) electrons. The summed E-state index contributed by atoms with van der Waals surface area (Å²) in [5, 5.41) is 10.1. The van der Waals surface area contributed by atoms with E-state index in [0.29, 0.717) is 0 Å². The maximum absolute atomic E-state index is 2.52. The maximum Gasteiger partial charge on any atom is 0.0543 e. The summed E-state index contributed by atoms with van der Waals surface area (Å²) in [4.78, 5) is 2.52. The van der Waals surface area contributed by atoms with Gasteiger partial charge in [0.05, 0.1) is 28.1 Å². The molecule has 0 aliphatic rings. The van der Waals surface area contributed by atoms with E-state index in [-0.39, 0.29) is 10.8 Å². The van der Waals surface area contributed by atoms with Crippen molar-refractivity contribution >= 4 is 71.2 Å². The average Bonchev–Trinajstić information content (AvgIpc) is 3.54. The van der Waals surface area contributed by atoms with Crippen molar-refractivity contribution in [1.29, 1.82) is 0 Å². The number of aromatic nitrogens is 1. The highest BCUT2D eigenvalue weighted by molar-refractivity contribution is 6.27. The van der Waals surface area contributed by atoms with Crippen LogP contribution in [0, 0.1) is 0 Å². The number of benzene rings is 9. The Balaban J connectivity index is 1.28. The largest absolute Gasteiger partial charge is 0.309 e. The summed E-state index contributed by atoms with van der Waals surface area (Å²) in [6.07, 6.45) is 0. The number of para-hydroxylation sites is 2. The van der Waals surface area contributed by atoms with Gasteiger partial charge in [0.15, 0.2) is 0 Å². The monoisotopic (exact) mass is 722 g/mol. The van der Waals surface area contributed by atoms with Crippen LogP contribution in [0.25, 0.3) is 70.9 Å². The van der Waals surface area contributed by atoms with Gasteiger partial charge in [-0.1, -0.05) is 169 Å². The lowest BCUT2D eigenvalue weighted by Crippen LogP contribution is -2.16. The summed E-state index contributed by atoms with van der Waals surface area (Å²) in [5.41, 5.74) is 12.2. The Labute approximate surface area is 329 Å². The minimum absolute atomic E-state index is 0.0302. The molecular weight excluding hydrogens is 677 g/mol. The molecule has 0 N–H and O–H groups in total. The van der Waals surface area contributed by atoms with Gasteiger partial charge in [0.25, 0.3) is 0 Å². The molecule has 0 aliphatic carbocycles. The summed E-state index contributed by atoms with van der Waals surface area (Å²) in [7, 11) is 0. The summed E-state index contributed by atoms with van der Waals surface area (Å²) >= 11 is 0. The van der Waals surface area contributed by atoms with Crippen molar-refractivity contribution in [2.75, 3.05) is 4.90 Å². The van der Waals surface area contributed by atoms with E-state index in [1.54, 1.807) is 0 Å². The second kappa shape index (κ2) is 12.6. The summed E-state index contributed by atoms with van der Waals surface area (Å²) < 4.78 is 2.46. The average molecular weight is 723 g/mol. The smallest absolute Gasteiger partial charge is 0.0543 e. The molecule has 2 heteroatoms. The van der Waals surface area contributed by atoms with Crippen molar-refractivity contribution in [2.24, 2.45) is 0 Å². The molecule has 0 aliphatic heterocycles. The van der Waals surface area contributed by atoms with Crippen LogP contribution in [-0.2, 0) is 10.8 Å². The van der Waals surface area contributed by atoms with E-state index >= 15 is 0 Å². The number of hydrogen-bond donors (Lipinski definition) is 0. The molecule has 272 valence electrons. The van der Waals surface area contributed by atoms with Crippen LogP contribution in [0.1, 0.15) is 52.7 Å². The second-order valence-corrected chi connectivity index (χ2v) is 17.4. The van der Waals surface area contributed by atoms with E-state index in [1.165, 1.54) is 93.4 Å². The number of nitrogens with zero attached hydrogens (tertiary/aromatic N) is 2. The van der Waals surface area contributed by atoms with Crippen molar-refractivity contribution in [2.45, 2.75) is 52.4 Å². The first-order valence-corrected chi connectivity index (χ1v) is 19.9. The Morgan fingerprint density at radius 3 is 1.59 bits per heavy atom. The molecular formula is C54H46N2. The molecule has 1 aromatic heterocycles. The van der Waals surface area contributed by atoms with Crippen molar-refractivity contribution in [3.8, 4) is 16.8 Å². The fraction of sp³-hybridized carbons (Fsp3) is 0.148. The van der Waals surface area contributed by atoms with Gasteiger partial charge in [-0.15, -0.1) is 0 Å². The Hall–Kier alpha value is -6.38. The minimum Gasteiger partial charge on any atom is -0.309 e. The summed E-state index contributed by atoms with van der Waals surface area (Å²) in [6.45, 7) is 13.8. The minimum atomic E-state index is -0.0302. The highest BCUT2D eigenvalue weighted by Crippen LogP contribution is 2.48. The van der Waals surface area contributed by atoms with Gasteiger partial charge in [-0.25, -0.2) is 0 Å². The maximum atomic E-state index is 2.52. The molecule has 56 heavy (non-hydrogen) atoms. The van der Waals surface area contributed by atoms with Crippen LogP contribution in [0.4, 0.5) is 17.1 Å². The number of hydrogen-bond acceptors (Lipinski definition) is 1. The number of rotatable bonds is 5. The highest BCUT2D eigenvalue weighted by Gasteiger charge is 2.25. The van der Waals surface area contributed by atoms with Gasteiger partial charge in [0.2, 0.25) is 0 Å². The normalized spacial score (nSPS) is 12.5. The van der Waals surface area contributed by atoms with Crippen molar-refractivity contribution in [3.05, 3.63) is 181 Å². The summed E-state index contributed by atoms with van der Waals surface area (Å²) in [6, 6.07) is 63.4. The molecule has 0 bridgehead atoms. The lowest BCUT2D eigenvalue weighted by molar-refractivity contribution is 0.590. The zero-order valence-corrected chi connectivity index (χ0v) is 33.1. The Kier molecular flexibility index (Phi) is 7.67. The van der Waals surface area contributed by atoms with Gasteiger partial charge in [0.1, 0.15) is 0 Å². The second-order valence-electron chi connectivity index (χ2n) is 17.4. The molecule has 10 rings (SSSR count). The first-order valence-electron chi connectivity index (χ1n) is 19.9. The molecule has 0 saturated heterocycles. The highest BCUT2D eigenvalue weighted by atomic mass is 15.1. The van der Waals surface area contributed by atoms with E-state index in [0.717, 1.165) is 5.69 Å². The molecule has 0 unspecified atom stereocenters. The molecule has 0 fully saturated rings. The molecule has 10 aromatic rings. The Morgan fingerprint density at radius 2 is 0.946 bits per heavy atom. The quantitative estimate of drug-likeness (QED) is 0.161. The fourth-order valence-electron chi connectivity index (χ4n) is 8.91. The molecule has 0 amide bonds. The lowest BCUT2D eigenvalue weighted by Gasteiger charge is -2.32. The number of anilines is 3. The van der Waals surface area contributed by atoms with E-state index in [4.69, 9.17) is 0 Å². The van der Waals surface area contributed by atoms with Crippen LogP contribution in [0.5, 0.6) is 0 Å². The first-order chi connectivity index (χ1) is 27.1. The van der Waals surface area contributed by atoms with Crippen LogP contribution in [0.15, 0.2) is 170 Å². The van der Waals surface area contributed by atoms with Crippen LogP contribution in [0.2, 0.25) is 0 Å². The fourth-order valence-corrected chi connectivity index (χ4v) is 8.91. The molecule has 2 nitrogen and oxygen atoms in total. The van der Waals surface area contributed by atoms with E-state index in [1.807, 2.05) is 0 Å². The topological polar surface area (TPSA) is 8.17 Å². The van der Waals surface area contributed by atoms with Gasteiger partial charge in [-0.3, -0.25) is 0 Å². The first kappa shape index (κ1) is 34.1. The van der Waals surface area contributed by atoms with Crippen LogP contribution in [0.3, 0.4) is 0 Å². The van der Waals surface area contributed by atoms with Crippen molar-refractivity contribution in [1.82, 2.24) is 4.57 Å². The van der Waals surface area contributed by atoms with Crippen LogP contribution >= 0.6 is 0 Å². The molecule has 1 heterocycles. The van der Waals surface area contributed by atoms with Crippen molar-refractivity contribution < 1.29 is 0 Å². The van der Waals surface area contributed by atoms with Gasteiger partial charge in [0, 0.05) is 32.8 Å². The number of fused-ring (bicyclic) bond motifs is 3. The van der Waals surface area contributed by atoms with E-state index in [9.17, 15) is 0 Å². The van der Waals surface area contributed by atoms with Crippen molar-refractivity contribution in [3.63, 3.8) is 0 Å². The van der Waals surface area contributed by atoms with Gasteiger partial charge < -0.3 is 9.47 Å². The SMILES string of the molecule is CC(C)(C)c1ccc(N(c2cc(C(C)(C)C)ccc2-c2ccccc2)c2ccc3ccc4c(-n5c6ccccc6c6ccccc65)ccc5ccc2c3c54)cc1. The zero-order chi connectivity index (χ0) is 38.3. The van der Waals surface area contributed by atoms with Crippen LogP contribution in [-0.4, -0.2) is 4.57 Å². The Morgan fingerprint density at radius 1 is 0.411 bits per heavy atom. The third kappa shape index (κ3) is 5.39. The molecule has 0 saturated carbocycles. The van der Waals surface area contributed by atoms with Crippen LogP contribution < -0.4 is 4.90 Å². The molecule has 9 aromatic carbocycles. The standard InChI is InChI=1S/C54H46N2/c1-53(2,3)38-24-27-40(28-25-38)55(50-34-39(54(4,5)6)26-31-41(50)35-14-8-7-9-15-35)48-32-22-36-21-30-45-49(33-23-37-20-29-44(48)51(36)52(37)45)56-46-18-12-10-16-42(46)43-17-11-13-19-47(43)56/h7-34H,1-6H3. The van der Waals surface area contributed by atoms with E-state index < -0.39 is 0 Å². The molecule has 0 atom stereocenters. The third-order valence-corrected chi connectivity index (χ3v) is 11.9. The summed E-state index contributed by atoms with van der Waals surface area (Å²) in [5.74, 6) is 0.